The predicted molar refractivity (Wildman–Crippen MR) is 114 cm³/mol. The molecule has 0 radical (unpaired) electrons. The normalized spacial score (nSPS) is 15.0. The Kier molecular flexibility index (Phi) is 5.84. The number of hydrogen-bond donors (Lipinski definition) is 0. The number of benzene rings is 2. The zero-order valence-electron chi connectivity index (χ0n) is 16.0. The Morgan fingerprint density at radius 2 is 1.71 bits per heavy atom. The van der Waals surface area contributed by atoms with Gasteiger partial charge in [0.1, 0.15) is 18.1 Å². The molecule has 1 saturated heterocycles. The summed E-state index contributed by atoms with van der Waals surface area (Å²) in [6.45, 7) is 5.62. The van der Waals surface area contributed by atoms with Crippen molar-refractivity contribution < 1.29 is 9.47 Å². The number of pyridine rings is 1. The zero-order valence-corrected chi connectivity index (χ0v) is 16.7. The highest BCUT2D eigenvalue weighted by atomic mass is 35.5. The Bertz CT molecular complexity index is 925. The van der Waals surface area contributed by atoms with Gasteiger partial charge in [0, 0.05) is 55.0 Å². The molecule has 6 heteroatoms. The molecule has 0 bridgehead atoms. The Balaban J connectivity index is 1.30. The molecule has 3 aromatic rings. The molecule has 146 valence electrons. The van der Waals surface area contributed by atoms with E-state index in [0.29, 0.717) is 6.61 Å². The molecule has 28 heavy (non-hydrogen) atoms. The molecule has 1 aromatic heterocycles. The monoisotopic (exact) mass is 397 g/mol. The van der Waals surface area contributed by atoms with Gasteiger partial charge in [0.05, 0.1) is 12.6 Å². The van der Waals surface area contributed by atoms with Crippen molar-refractivity contribution in [3.63, 3.8) is 0 Å². The average Bonchev–Trinajstić information content (AvgIpc) is 2.74. The van der Waals surface area contributed by atoms with Gasteiger partial charge in [-0.05, 0) is 48.5 Å². The van der Waals surface area contributed by atoms with E-state index in [4.69, 9.17) is 21.1 Å². The van der Waals surface area contributed by atoms with Crippen molar-refractivity contribution in [2.45, 2.75) is 0 Å². The summed E-state index contributed by atoms with van der Waals surface area (Å²) >= 11 is 6.11. The fraction of sp³-hybridized carbons (Fsp3) is 0.318. The van der Waals surface area contributed by atoms with Crippen LogP contribution < -0.4 is 14.4 Å². The summed E-state index contributed by atoms with van der Waals surface area (Å²) in [4.78, 5) is 9.32. The van der Waals surface area contributed by atoms with E-state index in [2.05, 4.69) is 26.9 Å². The third kappa shape index (κ3) is 4.32. The van der Waals surface area contributed by atoms with Crippen LogP contribution in [0.3, 0.4) is 0 Å². The van der Waals surface area contributed by atoms with Crippen molar-refractivity contribution in [1.29, 1.82) is 0 Å². The van der Waals surface area contributed by atoms with Gasteiger partial charge in [0.2, 0.25) is 0 Å². The van der Waals surface area contributed by atoms with Gasteiger partial charge in [0.15, 0.2) is 0 Å². The molecule has 1 aliphatic rings. The number of halogens is 1. The molecular weight excluding hydrogens is 374 g/mol. The lowest BCUT2D eigenvalue weighted by atomic mass is 10.1. The van der Waals surface area contributed by atoms with Crippen molar-refractivity contribution in [3.05, 3.63) is 59.8 Å². The van der Waals surface area contributed by atoms with E-state index >= 15 is 0 Å². The molecule has 0 unspecified atom stereocenters. The minimum absolute atomic E-state index is 0.684. The highest BCUT2D eigenvalue weighted by molar-refractivity contribution is 6.31. The zero-order chi connectivity index (χ0) is 19.3. The van der Waals surface area contributed by atoms with E-state index in [1.54, 1.807) is 7.11 Å². The maximum atomic E-state index is 6.11. The SMILES string of the molecule is COc1ccc(OCCN2CCN(c3ccnc4cc(Cl)ccc34)CC2)cc1. The second-order valence-electron chi connectivity index (χ2n) is 6.84. The number of piperazine rings is 1. The van der Waals surface area contributed by atoms with E-state index in [-0.39, 0.29) is 0 Å². The van der Waals surface area contributed by atoms with Gasteiger partial charge in [0.25, 0.3) is 0 Å². The van der Waals surface area contributed by atoms with Gasteiger partial charge < -0.3 is 14.4 Å². The van der Waals surface area contributed by atoms with Gasteiger partial charge in [-0.15, -0.1) is 0 Å². The molecule has 0 saturated carbocycles. The van der Waals surface area contributed by atoms with E-state index < -0.39 is 0 Å². The first-order valence-electron chi connectivity index (χ1n) is 9.51. The molecule has 0 spiro atoms. The summed E-state index contributed by atoms with van der Waals surface area (Å²) in [7, 11) is 1.67. The minimum atomic E-state index is 0.684. The second-order valence-corrected chi connectivity index (χ2v) is 7.28. The van der Waals surface area contributed by atoms with Gasteiger partial charge in [-0.1, -0.05) is 11.6 Å². The van der Waals surface area contributed by atoms with Crippen LogP contribution >= 0.6 is 11.6 Å². The lowest BCUT2D eigenvalue weighted by Crippen LogP contribution is -2.47. The molecule has 0 aliphatic carbocycles. The van der Waals surface area contributed by atoms with Crippen LogP contribution in [0.15, 0.2) is 54.7 Å². The van der Waals surface area contributed by atoms with Crippen molar-refractivity contribution in [1.82, 2.24) is 9.88 Å². The van der Waals surface area contributed by atoms with E-state index in [9.17, 15) is 0 Å². The standard InChI is InChI=1S/C22H24ClN3O2/c1-27-18-3-5-19(6-4-18)28-15-14-25-10-12-26(13-11-25)22-8-9-24-21-16-17(23)2-7-20(21)22/h2-9,16H,10-15H2,1H3. The van der Waals surface area contributed by atoms with Crippen LogP contribution in [0.4, 0.5) is 5.69 Å². The van der Waals surface area contributed by atoms with Gasteiger partial charge in [-0.3, -0.25) is 9.88 Å². The molecule has 0 amide bonds. The predicted octanol–water partition coefficient (Wildman–Crippen LogP) is 4.10. The quantitative estimate of drug-likeness (QED) is 0.626. The number of ether oxygens (including phenoxy) is 2. The summed E-state index contributed by atoms with van der Waals surface area (Å²) < 4.78 is 11.0. The molecule has 1 fully saturated rings. The van der Waals surface area contributed by atoms with Crippen LogP contribution in [-0.4, -0.2) is 56.3 Å². The molecular formula is C22H24ClN3O2. The molecule has 2 heterocycles. The van der Waals surface area contributed by atoms with E-state index in [0.717, 1.165) is 60.1 Å². The number of rotatable bonds is 6. The van der Waals surface area contributed by atoms with E-state index in [1.165, 1.54) is 5.69 Å². The maximum Gasteiger partial charge on any atom is 0.119 e. The summed E-state index contributed by atoms with van der Waals surface area (Å²) in [5.74, 6) is 1.72. The largest absolute Gasteiger partial charge is 0.497 e. The third-order valence-corrected chi connectivity index (χ3v) is 5.37. The first-order chi connectivity index (χ1) is 13.7. The minimum Gasteiger partial charge on any atom is -0.497 e. The number of hydrogen-bond acceptors (Lipinski definition) is 5. The van der Waals surface area contributed by atoms with Crippen LogP contribution in [0.1, 0.15) is 0 Å². The van der Waals surface area contributed by atoms with Crippen molar-refractivity contribution >= 4 is 28.2 Å². The highest BCUT2D eigenvalue weighted by Crippen LogP contribution is 2.28. The first kappa shape index (κ1) is 18.8. The Morgan fingerprint density at radius 3 is 2.46 bits per heavy atom. The number of aromatic nitrogens is 1. The maximum absolute atomic E-state index is 6.11. The molecule has 1 aliphatic heterocycles. The van der Waals surface area contributed by atoms with Gasteiger partial charge >= 0.3 is 0 Å². The summed E-state index contributed by atoms with van der Waals surface area (Å²) in [6.07, 6.45) is 1.86. The Morgan fingerprint density at radius 1 is 0.964 bits per heavy atom. The Labute approximate surface area is 170 Å². The van der Waals surface area contributed by atoms with Gasteiger partial charge in [-0.2, -0.15) is 0 Å². The highest BCUT2D eigenvalue weighted by Gasteiger charge is 2.18. The lowest BCUT2D eigenvalue weighted by Gasteiger charge is -2.36. The summed E-state index contributed by atoms with van der Waals surface area (Å²) in [5.41, 5.74) is 2.18. The van der Waals surface area contributed by atoms with E-state index in [1.807, 2.05) is 42.6 Å². The third-order valence-electron chi connectivity index (χ3n) is 5.13. The van der Waals surface area contributed by atoms with Crippen molar-refractivity contribution in [3.8, 4) is 11.5 Å². The first-order valence-corrected chi connectivity index (χ1v) is 9.89. The van der Waals surface area contributed by atoms with Crippen LogP contribution in [0, 0.1) is 0 Å². The fourth-order valence-corrected chi connectivity index (χ4v) is 3.73. The molecule has 4 rings (SSSR count). The van der Waals surface area contributed by atoms with Crippen molar-refractivity contribution in [2.75, 3.05) is 51.3 Å². The number of fused-ring (bicyclic) bond motifs is 1. The van der Waals surface area contributed by atoms with Crippen molar-refractivity contribution in [2.24, 2.45) is 0 Å². The smallest absolute Gasteiger partial charge is 0.119 e. The average molecular weight is 398 g/mol. The number of methoxy groups -OCH3 is 1. The van der Waals surface area contributed by atoms with Crippen LogP contribution in [-0.2, 0) is 0 Å². The number of nitrogens with zero attached hydrogens (tertiary/aromatic N) is 3. The second kappa shape index (κ2) is 8.67. The summed E-state index contributed by atoms with van der Waals surface area (Å²) in [6, 6.07) is 15.7. The summed E-state index contributed by atoms with van der Waals surface area (Å²) in [5, 5.41) is 1.88. The van der Waals surface area contributed by atoms with Gasteiger partial charge in [-0.25, -0.2) is 0 Å². The topological polar surface area (TPSA) is 37.8 Å². The van der Waals surface area contributed by atoms with Crippen LogP contribution in [0.2, 0.25) is 5.02 Å². The molecule has 2 aromatic carbocycles. The van der Waals surface area contributed by atoms with Crippen LogP contribution in [0.5, 0.6) is 11.5 Å². The molecule has 0 N–H and O–H groups in total. The van der Waals surface area contributed by atoms with Crippen LogP contribution in [0.25, 0.3) is 10.9 Å². The number of anilines is 1. The lowest BCUT2D eigenvalue weighted by molar-refractivity contribution is 0.200. The molecule has 5 nitrogen and oxygen atoms in total. The fourth-order valence-electron chi connectivity index (χ4n) is 3.56. The molecule has 0 atom stereocenters. The Hall–Kier alpha value is -2.50.